The van der Waals surface area contributed by atoms with Gasteiger partial charge in [0, 0.05) is 31.2 Å². The molecule has 1 aromatic rings. The first-order valence-corrected chi connectivity index (χ1v) is 12.6. The van der Waals surface area contributed by atoms with Crippen LogP contribution in [0.3, 0.4) is 0 Å². The van der Waals surface area contributed by atoms with E-state index < -0.39 is 41.5 Å². The Balaban J connectivity index is 1.65. The van der Waals surface area contributed by atoms with Crippen LogP contribution in [0.1, 0.15) is 26.0 Å². The van der Waals surface area contributed by atoms with Crippen LogP contribution in [0.25, 0.3) is 0 Å². The fourth-order valence-corrected chi connectivity index (χ4v) is 5.58. The van der Waals surface area contributed by atoms with Gasteiger partial charge in [-0.3, -0.25) is 19.2 Å². The topological polar surface area (TPSA) is 172 Å². The number of thioether (sulfide) groups is 1. The molecule has 0 spiro atoms. The highest BCUT2D eigenvalue weighted by Gasteiger charge is 2.58. The van der Waals surface area contributed by atoms with E-state index in [4.69, 9.17) is 24.8 Å². The third kappa shape index (κ3) is 5.85. The van der Waals surface area contributed by atoms with Crippen molar-refractivity contribution in [1.82, 2.24) is 15.2 Å². The summed E-state index contributed by atoms with van der Waals surface area (Å²) in [6.07, 6.45) is 0.153. The van der Waals surface area contributed by atoms with E-state index in [1.807, 2.05) is 0 Å². The molecule has 2 saturated heterocycles. The normalized spacial score (nSPS) is 23.7. The number of hydrogen-bond acceptors (Lipinski definition) is 13. The van der Waals surface area contributed by atoms with E-state index in [1.54, 1.807) is 19.2 Å². The Morgan fingerprint density at radius 1 is 1.34 bits per heavy atom. The molecule has 0 bridgehead atoms. The molecule has 192 valence electrons. The zero-order valence-corrected chi connectivity index (χ0v) is 21.1. The Morgan fingerprint density at radius 2 is 2.11 bits per heavy atom. The van der Waals surface area contributed by atoms with Crippen molar-refractivity contribution in [2.24, 2.45) is 10.6 Å². The number of rotatable bonds is 11. The minimum Gasteiger partial charge on any atom is -0.428 e. The Kier molecular flexibility index (Phi) is 8.91. The first-order chi connectivity index (χ1) is 16.8. The average Bonchev–Trinajstić information content (AvgIpc) is 3.28. The van der Waals surface area contributed by atoms with Crippen LogP contribution in [0, 0.1) is 5.41 Å². The Hall–Kier alpha value is -2.91. The molecule has 2 fully saturated rings. The number of anilines is 1. The van der Waals surface area contributed by atoms with E-state index >= 15 is 0 Å². The van der Waals surface area contributed by atoms with Crippen molar-refractivity contribution in [1.29, 1.82) is 0 Å². The fourth-order valence-electron chi connectivity index (χ4n) is 3.52. The van der Waals surface area contributed by atoms with Crippen molar-refractivity contribution in [3.05, 3.63) is 11.1 Å². The number of carbonyl (C=O) groups is 4. The third-order valence-electron chi connectivity index (χ3n) is 5.25. The predicted molar refractivity (Wildman–Crippen MR) is 126 cm³/mol. The molecule has 0 saturated carbocycles. The van der Waals surface area contributed by atoms with Crippen molar-refractivity contribution >= 4 is 57.7 Å². The van der Waals surface area contributed by atoms with Crippen LogP contribution in [0.2, 0.25) is 0 Å². The third-order valence-corrected chi connectivity index (χ3v) is 7.51. The van der Waals surface area contributed by atoms with E-state index in [1.165, 1.54) is 23.8 Å². The summed E-state index contributed by atoms with van der Waals surface area (Å²) in [4.78, 5) is 60.5. The van der Waals surface area contributed by atoms with Crippen LogP contribution in [-0.2, 0) is 38.2 Å². The van der Waals surface area contributed by atoms with Crippen LogP contribution in [0.4, 0.5) is 5.13 Å². The Labute approximate surface area is 209 Å². The summed E-state index contributed by atoms with van der Waals surface area (Å²) in [5.74, 6) is -1.87. The van der Waals surface area contributed by atoms with Crippen LogP contribution in [0.5, 0.6) is 0 Å². The van der Waals surface area contributed by atoms with E-state index in [2.05, 4.69) is 15.5 Å². The number of esters is 2. The smallest absolute Gasteiger partial charge is 0.319 e. The highest BCUT2D eigenvalue weighted by atomic mass is 32.2. The van der Waals surface area contributed by atoms with Crippen molar-refractivity contribution in [3.63, 3.8) is 0 Å². The zero-order chi connectivity index (χ0) is 25.6. The van der Waals surface area contributed by atoms with Gasteiger partial charge in [-0.05, 0) is 6.92 Å². The molecule has 2 unspecified atom stereocenters. The summed E-state index contributed by atoms with van der Waals surface area (Å²) in [5.41, 5.74) is 4.67. The van der Waals surface area contributed by atoms with Gasteiger partial charge in [-0.1, -0.05) is 12.1 Å². The van der Waals surface area contributed by atoms with Gasteiger partial charge in [0.25, 0.3) is 5.91 Å². The van der Waals surface area contributed by atoms with Gasteiger partial charge < -0.3 is 35.0 Å². The van der Waals surface area contributed by atoms with Gasteiger partial charge in [0.1, 0.15) is 29.1 Å². The van der Waals surface area contributed by atoms with Gasteiger partial charge in [-0.15, -0.1) is 23.1 Å². The molecule has 3 N–H and O–H groups in total. The molecule has 3 heterocycles. The second-order valence-corrected chi connectivity index (χ2v) is 9.68. The maximum Gasteiger partial charge on any atom is 0.319 e. The summed E-state index contributed by atoms with van der Waals surface area (Å²) in [6.45, 7) is 3.10. The van der Waals surface area contributed by atoms with Crippen molar-refractivity contribution in [3.8, 4) is 0 Å². The molecule has 3 atom stereocenters. The lowest BCUT2D eigenvalue weighted by Crippen LogP contribution is -2.74. The van der Waals surface area contributed by atoms with Crippen molar-refractivity contribution < 1.29 is 38.2 Å². The number of β-lactam (4-membered cyclic amide) rings is 1. The minimum atomic E-state index is -1.14. The number of fused-ring (bicyclic) bond motifs is 1. The Morgan fingerprint density at radius 3 is 2.74 bits per heavy atom. The molecule has 35 heavy (non-hydrogen) atoms. The first kappa shape index (κ1) is 26.7. The van der Waals surface area contributed by atoms with Gasteiger partial charge in [0.05, 0.1) is 6.61 Å². The highest BCUT2D eigenvalue weighted by Crippen LogP contribution is 2.43. The lowest BCUT2D eigenvalue weighted by molar-refractivity contribution is -0.179. The maximum absolute atomic E-state index is 12.9. The number of nitrogens with one attached hydrogen (secondary N) is 1. The number of hydrogen-bond donors (Lipinski definition) is 2. The van der Waals surface area contributed by atoms with Gasteiger partial charge in [0.15, 0.2) is 10.8 Å². The lowest BCUT2D eigenvalue weighted by atomic mass is 9.88. The van der Waals surface area contributed by atoms with E-state index in [9.17, 15) is 19.2 Å². The van der Waals surface area contributed by atoms with E-state index in [0.29, 0.717) is 0 Å². The number of methoxy groups -OCH3 is 1. The second-order valence-electron chi connectivity index (χ2n) is 7.68. The van der Waals surface area contributed by atoms with Crippen molar-refractivity contribution in [2.45, 2.75) is 31.7 Å². The summed E-state index contributed by atoms with van der Waals surface area (Å²) < 4.78 is 15.2. The first-order valence-electron chi connectivity index (χ1n) is 10.7. The highest BCUT2D eigenvalue weighted by molar-refractivity contribution is 8.00. The quantitative estimate of drug-likeness (QED) is 0.129. The van der Waals surface area contributed by atoms with Crippen LogP contribution in [-0.4, -0.2) is 90.2 Å². The second kappa shape index (κ2) is 11.7. The number of carbonyl (C=O) groups excluding carboxylic acids is 4. The minimum absolute atomic E-state index is 0.00446. The number of aromatic nitrogens is 1. The van der Waals surface area contributed by atoms with Gasteiger partial charge in [0.2, 0.25) is 12.7 Å². The van der Waals surface area contributed by atoms with Crippen LogP contribution < -0.4 is 11.1 Å². The summed E-state index contributed by atoms with van der Waals surface area (Å²) in [6, 6.07) is -0.822. The number of nitrogen functional groups attached to an aromatic ring is 1. The summed E-state index contributed by atoms with van der Waals surface area (Å²) in [5, 5.41) is 7.95. The number of amides is 2. The van der Waals surface area contributed by atoms with Gasteiger partial charge >= 0.3 is 11.9 Å². The largest absolute Gasteiger partial charge is 0.428 e. The molecule has 1 aromatic heterocycles. The van der Waals surface area contributed by atoms with Crippen LogP contribution >= 0.6 is 23.1 Å². The summed E-state index contributed by atoms with van der Waals surface area (Å²) in [7, 11) is 1.44. The number of ether oxygens (including phenoxy) is 3. The molecule has 3 rings (SSSR count). The molecule has 0 aromatic carbocycles. The molecule has 0 aliphatic carbocycles. The molecule has 2 aliphatic heterocycles. The average molecular weight is 530 g/mol. The monoisotopic (exact) mass is 529 g/mol. The van der Waals surface area contributed by atoms with E-state index in [0.717, 1.165) is 11.3 Å². The molecular formula is C20H27N5O8S2. The zero-order valence-electron chi connectivity index (χ0n) is 19.5. The maximum atomic E-state index is 12.9. The van der Waals surface area contributed by atoms with Gasteiger partial charge in [-0.2, -0.15) is 0 Å². The number of thiazole rings is 1. The standard InChI is InChI=1S/C20H27N5O8S2/c1-4-12(26)31-10-32-18(29)20(8-30-3)7-25-16(28)14(17(25)35-9-20)23-15(27)13(24-33-5-2)11-6-34-19(21)22-11/h6,14,17H,4-5,7-10H2,1-3H3,(H2,21,22)(H,23,27)/t14?,17-,20?/m1/s1. The predicted octanol–water partition coefficient (Wildman–Crippen LogP) is -0.0475. The molecule has 15 heteroatoms. The number of oxime groups is 1. The van der Waals surface area contributed by atoms with Gasteiger partial charge in [-0.25, -0.2) is 4.98 Å². The molecule has 2 amide bonds. The molecule has 2 aliphatic rings. The molecule has 13 nitrogen and oxygen atoms in total. The van der Waals surface area contributed by atoms with Crippen molar-refractivity contribution in [2.75, 3.05) is 45.1 Å². The Bertz CT molecular complexity index is 1000. The molecule has 0 radical (unpaired) electrons. The number of nitrogens with two attached hydrogens (primary N) is 1. The fraction of sp³-hybridized carbons (Fsp3) is 0.600. The molecular weight excluding hydrogens is 502 g/mol. The van der Waals surface area contributed by atoms with E-state index in [-0.39, 0.29) is 54.4 Å². The SMILES string of the molecule is CCON=C(C(=O)NC1C(=O)N2CC(COC)(C(=O)OCOC(=O)CC)CS[C@H]12)c1csc(N)n1. The van der Waals surface area contributed by atoms with Crippen LogP contribution in [0.15, 0.2) is 10.5 Å². The lowest BCUT2D eigenvalue weighted by Gasteiger charge is -2.53. The number of nitrogens with zero attached hydrogens (tertiary/aromatic N) is 3. The summed E-state index contributed by atoms with van der Waals surface area (Å²) >= 11 is 2.46.